The molecule has 2 heteroatoms. The predicted molar refractivity (Wildman–Crippen MR) is 90.2 cm³/mol. The van der Waals surface area contributed by atoms with Crippen molar-refractivity contribution in [2.24, 2.45) is 0 Å². The first-order chi connectivity index (χ1) is 9.61. The van der Waals surface area contributed by atoms with Crippen molar-refractivity contribution in [3.63, 3.8) is 0 Å². The van der Waals surface area contributed by atoms with Gasteiger partial charge < -0.3 is 5.32 Å². The number of halogens is 1. The molecule has 0 aromatic heterocycles. The lowest BCUT2D eigenvalue weighted by atomic mass is 9.92. The SMILES string of the molecule is CCNC(Cc1ccc(Br)cc1)c1c(C)cccc1C. The van der Waals surface area contributed by atoms with Crippen LogP contribution in [0.1, 0.15) is 35.2 Å². The smallest absolute Gasteiger partial charge is 0.0366 e. The van der Waals surface area contributed by atoms with Crippen LogP contribution in [0, 0.1) is 13.8 Å². The van der Waals surface area contributed by atoms with Gasteiger partial charge in [0.15, 0.2) is 0 Å². The minimum absolute atomic E-state index is 0.377. The van der Waals surface area contributed by atoms with Gasteiger partial charge in [-0.25, -0.2) is 0 Å². The molecular formula is C18H22BrN. The van der Waals surface area contributed by atoms with E-state index in [9.17, 15) is 0 Å². The lowest BCUT2D eigenvalue weighted by Crippen LogP contribution is -2.24. The molecule has 0 fully saturated rings. The van der Waals surface area contributed by atoms with E-state index in [-0.39, 0.29) is 0 Å². The molecule has 0 aliphatic carbocycles. The molecular weight excluding hydrogens is 310 g/mol. The zero-order valence-electron chi connectivity index (χ0n) is 12.4. The standard InChI is InChI=1S/C18H22BrN/c1-4-20-17(12-15-8-10-16(19)11-9-15)18-13(2)6-5-7-14(18)3/h5-11,17,20H,4,12H2,1-3H3. The Hall–Kier alpha value is -1.12. The molecule has 1 unspecified atom stereocenters. The molecule has 0 aliphatic rings. The van der Waals surface area contributed by atoms with Gasteiger partial charge in [0.1, 0.15) is 0 Å². The number of aryl methyl sites for hydroxylation is 2. The second kappa shape index (κ2) is 7.05. The molecule has 0 spiro atoms. The normalized spacial score (nSPS) is 12.4. The summed E-state index contributed by atoms with van der Waals surface area (Å²) in [7, 11) is 0. The van der Waals surface area contributed by atoms with Gasteiger partial charge in [-0.2, -0.15) is 0 Å². The van der Waals surface area contributed by atoms with Crippen molar-refractivity contribution in [2.45, 2.75) is 33.2 Å². The molecule has 0 radical (unpaired) electrons. The van der Waals surface area contributed by atoms with Crippen molar-refractivity contribution in [3.8, 4) is 0 Å². The van der Waals surface area contributed by atoms with Crippen LogP contribution in [0.25, 0.3) is 0 Å². The Morgan fingerprint density at radius 1 is 1.00 bits per heavy atom. The molecule has 1 nitrogen and oxygen atoms in total. The van der Waals surface area contributed by atoms with Gasteiger partial charge in [-0.3, -0.25) is 0 Å². The summed E-state index contributed by atoms with van der Waals surface area (Å²) in [5, 5.41) is 3.63. The summed E-state index contributed by atoms with van der Waals surface area (Å²) in [6, 6.07) is 15.5. The van der Waals surface area contributed by atoms with E-state index in [4.69, 9.17) is 0 Å². The van der Waals surface area contributed by atoms with Crippen molar-refractivity contribution in [1.82, 2.24) is 5.32 Å². The summed E-state index contributed by atoms with van der Waals surface area (Å²) < 4.78 is 1.13. The second-order valence-corrected chi connectivity index (χ2v) is 6.16. The molecule has 20 heavy (non-hydrogen) atoms. The highest BCUT2D eigenvalue weighted by Gasteiger charge is 2.15. The van der Waals surface area contributed by atoms with E-state index in [1.54, 1.807) is 0 Å². The van der Waals surface area contributed by atoms with Gasteiger partial charge in [0.25, 0.3) is 0 Å². The van der Waals surface area contributed by atoms with Gasteiger partial charge in [-0.1, -0.05) is 53.2 Å². The number of hydrogen-bond acceptors (Lipinski definition) is 1. The quantitative estimate of drug-likeness (QED) is 0.816. The number of likely N-dealkylation sites (N-methyl/N-ethyl adjacent to an activating group) is 1. The Morgan fingerprint density at radius 3 is 2.15 bits per heavy atom. The largest absolute Gasteiger partial charge is 0.310 e. The zero-order valence-corrected chi connectivity index (χ0v) is 14.0. The molecule has 0 saturated heterocycles. The zero-order chi connectivity index (χ0) is 14.5. The molecule has 1 N–H and O–H groups in total. The highest BCUT2D eigenvalue weighted by atomic mass is 79.9. The number of nitrogens with one attached hydrogen (secondary N) is 1. The summed E-state index contributed by atoms with van der Waals surface area (Å²) in [5.74, 6) is 0. The second-order valence-electron chi connectivity index (χ2n) is 5.25. The molecule has 0 heterocycles. The Balaban J connectivity index is 2.29. The van der Waals surface area contributed by atoms with Gasteiger partial charge in [0.05, 0.1) is 0 Å². The summed E-state index contributed by atoms with van der Waals surface area (Å²) >= 11 is 3.49. The third-order valence-corrected chi connectivity index (χ3v) is 4.22. The molecule has 0 saturated carbocycles. The summed E-state index contributed by atoms with van der Waals surface area (Å²) in [6.45, 7) is 7.56. The fourth-order valence-corrected chi connectivity index (χ4v) is 3.02. The van der Waals surface area contributed by atoms with Crippen LogP contribution in [0.15, 0.2) is 46.9 Å². The van der Waals surface area contributed by atoms with Crippen molar-refractivity contribution in [2.75, 3.05) is 6.54 Å². The fourth-order valence-electron chi connectivity index (χ4n) is 2.76. The van der Waals surface area contributed by atoms with Crippen LogP contribution < -0.4 is 5.32 Å². The number of benzene rings is 2. The van der Waals surface area contributed by atoms with Crippen molar-refractivity contribution >= 4 is 15.9 Å². The minimum Gasteiger partial charge on any atom is -0.310 e. The van der Waals surface area contributed by atoms with Crippen molar-refractivity contribution in [1.29, 1.82) is 0 Å². The molecule has 1 atom stereocenters. The molecule has 106 valence electrons. The van der Waals surface area contributed by atoms with E-state index in [1.165, 1.54) is 22.3 Å². The van der Waals surface area contributed by atoms with Crippen LogP contribution in [0.5, 0.6) is 0 Å². The van der Waals surface area contributed by atoms with E-state index >= 15 is 0 Å². The number of rotatable bonds is 5. The maximum Gasteiger partial charge on any atom is 0.0366 e. The van der Waals surface area contributed by atoms with Gasteiger partial charge >= 0.3 is 0 Å². The Kier molecular flexibility index (Phi) is 5.38. The van der Waals surface area contributed by atoms with Gasteiger partial charge in [-0.15, -0.1) is 0 Å². The third kappa shape index (κ3) is 3.71. The topological polar surface area (TPSA) is 12.0 Å². The summed E-state index contributed by atoms with van der Waals surface area (Å²) in [6.07, 6.45) is 1.02. The first-order valence-corrected chi connectivity index (χ1v) is 7.95. The van der Waals surface area contributed by atoms with Crippen LogP contribution in [-0.2, 0) is 6.42 Å². The van der Waals surface area contributed by atoms with E-state index in [0.29, 0.717) is 6.04 Å². The summed E-state index contributed by atoms with van der Waals surface area (Å²) in [5.41, 5.74) is 5.54. The molecule has 2 rings (SSSR count). The van der Waals surface area contributed by atoms with Crippen LogP contribution >= 0.6 is 15.9 Å². The number of hydrogen-bond donors (Lipinski definition) is 1. The van der Waals surface area contributed by atoms with Crippen molar-refractivity contribution in [3.05, 3.63) is 69.2 Å². The lowest BCUT2D eigenvalue weighted by molar-refractivity contribution is 0.545. The lowest BCUT2D eigenvalue weighted by Gasteiger charge is -2.22. The minimum atomic E-state index is 0.377. The molecule has 0 bridgehead atoms. The van der Waals surface area contributed by atoms with Gasteiger partial charge in [0, 0.05) is 10.5 Å². The Bertz CT molecular complexity index is 540. The summed E-state index contributed by atoms with van der Waals surface area (Å²) in [4.78, 5) is 0. The first-order valence-electron chi connectivity index (χ1n) is 7.15. The van der Waals surface area contributed by atoms with Crippen LogP contribution in [0.3, 0.4) is 0 Å². The molecule has 2 aromatic rings. The fraction of sp³-hybridized carbons (Fsp3) is 0.333. The molecule has 0 amide bonds. The van der Waals surface area contributed by atoms with Gasteiger partial charge in [-0.05, 0) is 61.2 Å². The van der Waals surface area contributed by atoms with Crippen LogP contribution in [-0.4, -0.2) is 6.54 Å². The predicted octanol–water partition coefficient (Wildman–Crippen LogP) is 4.96. The van der Waals surface area contributed by atoms with Crippen molar-refractivity contribution < 1.29 is 0 Å². The van der Waals surface area contributed by atoms with Gasteiger partial charge in [0.2, 0.25) is 0 Å². The first kappa shape index (κ1) is 15.3. The average Bonchev–Trinajstić information content (AvgIpc) is 2.41. The maximum absolute atomic E-state index is 3.63. The monoisotopic (exact) mass is 331 g/mol. The molecule has 2 aromatic carbocycles. The van der Waals surface area contributed by atoms with Crippen LogP contribution in [0.4, 0.5) is 0 Å². The third-order valence-electron chi connectivity index (χ3n) is 3.69. The van der Waals surface area contributed by atoms with E-state index in [2.05, 4.69) is 84.5 Å². The molecule has 0 aliphatic heterocycles. The average molecular weight is 332 g/mol. The van der Waals surface area contributed by atoms with E-state index < -0.39 is 0 Å². The highest BCUT2D eigenvalue weighted by Crippen LogP contribution is 2.25. The Labute approximate surface area is 130 Å². The van der Waals surface area contributed by atoms with E-state index in [0.717, 1.165) is 17.4 Å². The maximum atomic E-state index is 3.63. The Morgan fingerprint density at radius 2 is 1.60 bits per heavy atom. The highest BCUT2D eigenvalue weighted by molar-refractivity contribution is 9.10. The van der Waals surface area contributed by atoms with Crippen LogP contribution in [0.2, 0.25) is 0 Å². The van der Waals surface area contributed by atoms with E-state index in [1.807, 2.05) is 0 Å².